The fourth-order valence-corrected chi connectivity index (χ4v) is 4.89. The zero-order valence-corrected chi connectivity index (χ0v) is 29.8. The SMILES string of the molecule is CCCCCC=CCC=CCC=CCC=CCCCC(=O)OC[C@H](CO)OC(=O)CCCCCCCC=CCCCCCCCC. The first kappa shape index (κ1) is 43.6. The minimum Gasteiger partial charge on any atom is -0.462 e. The zero-order chi connectivity index (χ0) is 33.6. The smallest absolute Gasteiger partial charge is 0.306 e. The van der Waals surface area contributed by atoms with Gasteiger partial charge in [-0.1, -0.05) is 139 Å². The molecule has 0 aliphatic rings. The number of allylic oxidation sites excluding steroid dienone is 10. The maximum Gasteiger partial charge on any atom is 0.306 e. The summed E-state index contributed by atoms with van der Waals surface area (Å²) in [5.41, 5.74) is 0. The van der Waals surface area contributed by atoms with Gasteiger partial charge in [-0.3, -0.25) is 9.59 Å². The van der Waals surface area contributed by atoms with Crippen molar-refractivity contribution in [2.24, 2.45) is 0 Å². The van der Waals surface area contributed by atoms with Crippen molar-refractivity contribution in [1.82, 2.24) is 0 Å². The van der Waals surface area contributed by atoms with Crippen LogP contribution in [0.1, 0.15) is 168 Å². The molecule has 0 rings (SSSR count). The summed E-state index contributed by atoms with van der Waals surface area (Å²) in [5, 5.41) is 9.53. The Labute approximate surface area is 283 Å². The lowest BCUT2D eigenvalue weighted by Crippen LogP contribution is -2.28. The minimum atomic E-state index is -0.798. The molecule has 0 aromatic heterocycles. The molecule has 0 aliphatic heterocycles. The molecule has 0 bridgehead atoms. The van der Waals surface area contributed by atoms with Crippen molar-refractivity contribution in [2.75, 3.05) is 13.2 Å². The Morgan fingerprint density at radius 2 is 0.891 bits per heavy atom. The molecular formula is C41H70O5. The monoisotopic (exact) mass is 643 g/mol. The number of carbonyl (C=O) groups excluding carboxylic acids is 2. The molecule has 1 N–H and O–H groups in total. The van der Waals surface area contributed by atoms with Crippen LogP contribution in [-0.4, -0.2) is 36.4 Å². The van der Waals surface area contributed by atoms with Crippen LogP contribution in [-0.2, 0) is 19.1 Å². The van der Waals surface area contributed by atoms with Gasteiger partial charge < -0.3 is 14.6 Å². The summed E-state index contributed by atoms with van der Waals surface area (Å²) < 4.78 is 10.5. The Morgan fingerprint density at radius 1 is 0.500 bits per heavy atom. The summed E-state index contributed by atoms with van der Waals surface area (Å²) in [6.45, 7) is 4.03. The quantitative estimate of drug-likeness (QED) is 0.0438. The van der Waals surface area contributed by atoms with Crippen molar-refractivity contribution >= 4 is 11.9 Å². The molecule has 0 heterocycles. The van der Waals surface area contributed by atoms with Gasteiger partial charge in [0, 0.05) is 12.8 Å². The third-order valence-corrected chi connectivity index (χ3v) is 7.78. The van der Waals surface area contributed by atoms with Crippen molar-refractivity contribution in [3.8, 4) is 0 Å². The van der Waals surface area contributed by atoms with Gasteiger partial charge in [0.1, 0.15) is 6.61 Å². The van der Waals surface area contributed by atoms with Gasteiger partial charge in [-0.25, -0.2) is 0 Å². The van der Waals surface area contributed by atoms with E-state index in [0.29, 0.717) is 19.3 Å². The molecule has 0 saturated carbocycles. The van der Waals surface area contributed by atoms with Gasteiger partial charge in [-0.2, -0.15) is 0 Å². The molecule has 5 heteroatoms. The second kappa shape index (κ2) is 37.1. The molecule has 0 fully saturated rings. The minimum absolute atomic E-state index is 0.0994. The van der Waals surface area contributed by atoms with Gasteiger partial charge in [0.15, 0.2) is 6.10 Å². The van der Waals surface area contributed by atoms with Crippen molar-refractivity contribution < 1.29 is 24.2 Å². The number of unbranched alkanes of at least 4 members (excludes halogenated alkanes) is 15. The Balaban J connectivity index is 3.70. The van der Waals surface area contributed by atoms with E-state index in [1.165, 1.54) is 83.5 Å². The van der Waals surface area contributed by atoms with Crippen LogP contribution in [0.2, 0.25) is 0 Å². The summed E-state index contributed by atoms with van der Waals surface area (Å²) in [5.74, 6) is -0.670. The van der Waals surface area contributed by atoms with Gasteiger partial charge in [-0.05, 0) is 77.0 Å². The Kier molecular flexibility index (Phi) is 35.1. The van der Waals surface area contributed by atoms with E-state index >= 15 is 0 Å². The topological polar surface area (TPSA) is 72.8 Å². The molecule has 0 aromatic carbocycles. The number of hydrogen-bond acceptors (Lipinski definition) is 5. The number of hydrogen-bond donors (Lipinski definition) is 1. The molecule has 0 spiro atoms. The van der Waals surface area contributed by atoms with Crippen molar-refractivity contribution in [3.05, 3.63) is 60.8 Å². The number of ether oxygens (including phenoxy) is 2. The van der Waals surface area contributed by atoms with E-state index in [4.69, 9.17) is 9.47 Å². The van der Waals surface area contributed by atoms with Crippen LogP contribution >= 0.6 is 0 Å². The summed E-state index contributed by atoms with van der Waals surface area (Å²) >= 11 is 0. The first-order chi connectivity index (χ1) is 22.6. The average molecular weight is 643 g/mol. The second-order valence-electron chi connectivity index (χ2n) is 12.3. The van der Waals surface area contributed by atoms with Gasteiger partial charge in [0.2, 0.25) is 0 Å². The Bertz CT molecular complexity index is 823. The van der Waals surface area contributed by atoms with Crippen LogP contribution < -0.4 is 0 Å². The lowest BCUT2D eigenvalue weighted by molar-refractivity contribution is -0.161. The molecule has 0 amide bonds. The average Bonchev–Trinajstić information content (AvgIpc) is 3.06. The van der Waals surface area contributed by atoms with E-state index in [9.17, 15) is 14.7 Å². The lowest BCUT2D eigenvalue weighted by atomic mass is 10.1. The fourth-order valence-electron chi connectivity index (χ4n) is 4.89. The highest BCUT2D eigenvalue weighted by Crippen LogP contribution is 2.11. The predicted molar refractivity (Wildman–Crippen MR) is 196 cm³/mol. The van der Waals surface area contributed by atoms with E-state index in [0.717, 1.165) is 51.4 Å². The first-order valence-corrected chi connectivity index (χ1v) is 18.8. The highest BCUT2D eigenvalue weighted by molar-refractivity contribution is 5.70. The standard InChI is InChI=1S/C41H70O5/c1-3-5-7-9-11-13-15-17-19-20-22-23-25-27-29-31-33-35-40(43)45-38-39(37-42)46-41(44)36-34-32-30-28-26-24-21-18-16-14-12-10-8-6-4-2/h11,13,17-19,21-23,27,29,39,42H,3-10,12,14-16,20,24-26,28,30-38H2,1-2H3/t39-/m0/s1. The molecule has 0 aliphatic carbocycles. The van der Waals surface area contributed by atoms with E-state index in [2.05, 4.69) is 74.6 Å². The second-order valence-corrected chi connectivity index (χ2v) is 12.3. The van der Waals surface area contributed by atoms with E-state index in [1.807, 2.05) is 0 Å². The molecular weight excluding hydrogens is 572 g/mol. The molecule has 0 aromatic rings. The van der Waals surface area contributed by atoms with E-state index in [1.54, 1.807) is 0 Å². The van der Waals surface area contributed by atoms with Crippen molar-refractivity contribution in [2.45, 2.75) is 174 Å². The number of carbonyl (C=O) groups is 2. The number of aliphatic hydroxyl groups is 1. The summed E-state index contributed by atoms with van der Waals surface area (Å²) in [6, 6.07) is 0. The molecule has 0 unspecified atom stereocenters. The summed E-state index contributed by atoms with van der Waals surface area (Å²) in [7, 11) is 0. The molecule has 1 atom stereocenters. The van der Waals surface area contributed by atoms with Gasteiger partial charge in [0.25, 0.3) is 0 Å². The van der Waals surface area contributed by atoms with Crippen LogP contribution in [0.25, 0.3) is 0 Å². The zero-order valence-electron chi connectivity index (χ0n) is 29.8. The normalized spacial score (nSPS) is 12.8. The van der Waals surface area contributed by atoms with E-state index < -0.39 is 6.10 Å². The lowest BCUT2D eigenvalue weighted by Gasteiger charge is -2.15. The van der Waals surface area contributed by atoms with Crippen molar-refractivity contribution in [3.63, 3.8) is 0 Å². The molecule has 0 saturated heterocycles. The van der Waals surface area contributed by atoms with Gasteiger partial charge in [0.05, 0.1) is 6.61 Å². The first-order valence-electron chi connectivity index (χ1n) is 18.8. The van der Waals surface area contributed by atoms with Crippen LogP contribution in [0.3, 0.4) is 0 Å². The Morgan fingerprint density at radius 3 is 1.43 bits per heavy atom. The van der Waals surface area contributed by atoms with Crippen LogP contribution in [0.15, 0.2) is 60.8 Å². The molecule has 0 radical (unpaired) electrons. The largest absolute Gasteiger partial charge is 0.462 e. The number of aliphatic hydroxyl groups excluding tert-OH is 1. The summed E-state index contributed by atoms with van der Waals surface area (Å²) in [4.78, 5) is 24.2. The van der Waals surface area contributed by atoms with Gasteiger partial charge in [-0.15, -0.1) is 0 Å². The van der Waals surface area contributed by atoms with Crippen LogP contribution in [0, 0.1) is 0 Å². The predicted octanol–water partition coefficient (Wildman–Crippen LogP) is 11.6. The van der Waals surface area contributed by atoms with Crippen LogP contribution in [0.4, 0.5) is 0 Å². The molecule has 264 valence electrons. The molecule has 46 heavy (non-hydrogen) atoms. The fraction of sp³-hybridized carbons (Fsp3) is 0.707. The third-order valence-electron chi connectivity index (χ3n) is 7.78. The molecule has 5 nitrogen and oxygen atoms in total. The number of rotatable bonds is 33. The summed E-state index contributed by atoms with van der Waals surface area (Å²) in [6.07, 6.45) is 47.1. The highest BCUT2D eigenvalue weighted by Gasteiger charge is 2.16. The van der Waals surface area contributed by atoms with E-state index in [-0.39, 0.29) is 25.2 Å². The number of esters is 2. The van der Waals surface area contributed by atoms with Crippen molar-refractivity contribution in [1.29, 1.82) is 0 Å². The maximum absolute atomic E-state index is 12.1. The van der Waals surface area contributed by atoms with Crippen LogP contribution in [0.5, 0.6) is 0 Å². The Hall–Kier alpha value is -2.40. The third kappa shape index (κ3) is 34.5. The highest BCUT2D eigenvalue weighted by atomic mass is 16.6. The van der Waals surface area contributed by atoms with Gasteiger partial charge >= 0.3 is 11.9 Å². The maximum atomic E-state index is 12.1.